The van der Waals surface area contributed by atoms with E-state index in [0.717, 1.165) is 31.5 Å². The van der Waals surface area contributed by atoms with Gasteiger partial charge in [-0.3, -0.25) is 4.90 Å². The lowest BCUT2D eigenvalue weighted by Gasteiger charge is -2.31. The van der Waals surface area contributed by atoms with Crippen LogP contribution in [0.4, 0.5) is 18.9 Å². The van der Waals surface area contributed by atoms with Crippen LogP contribution in [0.1, 0.15) is 53.5 Å². The van der Waals surface area contributed by atoms with Crippen LogP contribution in [0.15, 0.2) is 36.4 Å². The van der Waals surface area contributed by atoms with Gasteiger partial charge in [0.25, 0.3) is 0 Å². The average Bonchev–Trinajstić information content (AvgIpc) is 2.66. The summed E-state index contributed by atoms with van der Waals surface area (Å²) in [6.07, 6.45) is -1.37. The molecular formula is C22H25F3N2. The van der Waals surface area contributed by atoms with E-state index in [2.05, 4.69) is 35.3 Å². The van der Waals surface area contributed by atoms with E-state index in [9.17, 15) is 13.2 Å². The number of alkyl halides is 3. The Morgan fingerprint density at radius 3 is 2.81 bits per heavy atom. The smallest absolute Gasteiger partial charge is 0.385 e. The summed E-state index contributed by atoms with van der Waals surface area (Å²) in [6.45, 7) is 5.06. The molecule has 4 rings (SSSR count). The van der Waals surface area contributed by atoms with E-state index < -0.39 is 11.7 Å². The molecule has 2 aliphatic rings. The number of nitrogens with zero attached hydrogens (tertiary/aromatic N) is 1. The molecule has 0 fully saturated rings. The molecule has 0 spiro atoms. The monoisotopic (exact) mass is 374 g/mol. The molecule has 144 valence electrons. The zero-order valence-corrected chi connectivity index (χ0v) is 15.6. The Morgan fingerprint density at radius 2 is 2.04 bits per heavy atom. The summed E-state index contributed by atoms with van der Waals surface area (Å²) in [5, 5.41) is 3.46. The molecular weight excluding hydrogens is 349 g/mol. The van der Waals surface area contributed by atoms with E-state index in [4.69, 9.17) is 0 Å². The van der Waals surface area contributed by atoms with Gasteiger partial charge in [0.05, 0.1) is 5.56 Å². The number of benzene rings is 2. The van der Waals surface area contributed by atoms with Crippen molar-refractivity contribution < 1.29 is 13.2 Å². The molecule has 27 heavy (non-hydrogen) atoms. The van der Waals surface area contributed by atoms with Crippen molar-refractivity contribution in [3.63, 3.8) is 0 Å². The topological polar surface area (TPSA) is 15.3 Å². The predicted molar refractivity (Wildman–Crippen MR) is 102 cm³/mol. The first-order valence-electron chi connectivity index (χ1n) is 9.72. The standard InChI is InChI=1S/C22H25F3N2/c1-2-16-8-10-26-21-7-6-15(12-18(16)21)13-27-11-9-17-4-3-5-20(19(17)14-27)22(23,24)25/h3-7,12,16,26H,2,8-11,13-14H2,1H3. The van der Waals surface area contributed by atoms with Crippen molar-refractivity contribution in [2.75, 3.05) is 18.4 Å². The Labute approximate surface area is 158 Å². The summed E-state index contributed by atoms with van der Waals surface area (Å²) in [6, 6.07) is 11.1. The number of halogens is 3. The third kappa shape index (κ3) is 3.70. The quantitative estimate of drug-likeness (QED) is 0.755. The Bertz CT molecular complexity index is 829. The Hall–Kier alpha value is -2.01. The maximum atomic E-state index is 13.4. The largest absolute Gasteiger partial charge is 0.416 e. The fourth-order valence-corrected chi connectivity index (χ4v) is 4.47. The second-order valence-electron chi connectivity index (χ2n) is 7.64. The van der Waals surface area contributed by atoms with Crippen molar-refractivity contribution in [2.24, 2.45) is 0 Å². The molecule has 1 N–H and O–H groups in total. The first-order valence-corrected chi connectivity index (χ1v) is 9.72. The first kappa shape index (κ1) is 18.4. The predicted octanol–water partition coefficient (Wildman–Crippen LogP) is 5.57. The van der Waals surface area contributed by atoms with Gasteiger partial charge in [0.1, 0.15) is 0 Å². The van der Waals surface area contributed by atoms with E-state index >= 15 is 0 Å². The van der Waals surface area contributed by atoms with Crippen LogP contribution in [0, 0.1) is 0 Å². The minimum Gasteiger partial charge on any atom is -0.385 e. The van der Waals surface area contributed by atoms with Crippen molar-refractivity contribution in [3.8, 4) is 0 Å². The van der Waals surface area contributed by atoms with Crippen molar-refractivity contribution in [2.45, 2.75) is 51.4 Å². The molecule has 0 amide bonds. The number of fused-ring (bicyclic) bond motifs is 2. The lowest BCUT2D eigenvalue weighted by molar-refractivity contribution is -0.138. The third-order valence-electron chi connectivity index (χ3n) is 5.92. The van der Waals surface area contributed by atoms with E-state index in [-0.39, 0.29) is 0 Å². The number of nitrogens with one attached hydrogen (secondary N) is 1. The minimum atomic E-state index is -4.29. The van der Waals surface area contributed by atoms with Gasteiger partial charge in [-0.05, 0) is 59.6 Å². The van der Waals surface area contributed by atoms with Crippen LogP contribution >= 0.6 is 0 Å². The lowest BCUT2D eigenvalue weighted by atomic mass is 9.87. The summed E-state index contributed by atoms with van der Waals surface area (Å²) in [5.74, 6) is 0.570. The molecule has 2 nitrogen and oxygen atoms in total. The van der Waals surface area contributed by atoms with Crippen LogP contribution in [0.25, 0.3) is 0 Å². The van der Waals surface area contributed by atoms with Crippen molar-refractivity contribution in [1.82, 2.24) is 4.90 Å². The van der Waals surface area contributed by atoms with E-state index in [0.29, 0.717) is 31.0 Å². The van der Waals surface area contributed by atoms with Crippen molar-refractivity contribution in [3.05, 3.63) is 64.2 Å². The second-order valence-corrected chi connectivity index (χ2v) is 7.64. The van der Waals surface area contributed by atoms with E-state index in [1.807, 2.05) is 6.07 Å². The molecule has 0 saturated heterocycles. The highest BCUT2D eigenvalue weighted by Gasteiger charge is 2.35. The second kappa shape index (κ2) is 7.19. The fraction of sp³-hybridized carbons (Fsp3) is 0.455. The van der Waals surface area contributed by atoms with Crippen LogP contribution in [0.3, 0.4) is 0 Å². The van der Waals surface area contributed by atoms with Crippen LogP contribution in [-0.4, -0.2) is 18.0 Å². The van der Waals surface area contributed by atoms with Crippen LogP contribution in [0.5, 0.6) is 0 Å². The Morgan fingerprint density at radius 1 is 1.19 bits per heavy atom. The van der Waals surface area contributed by atoms with E-state index in [1.54, 1.807) is 0 Å². The summed E-state index contributed by atoms with van der Waals surface area (Å²) in [4.78, 5) is 2.14. The third-order valence-corrected chi connectivity index (χ3v) is 5.92. The molecule has 0 saturated carbocycles. The lowest BCUT2D eigenvalue weighted by Crippen LogP contribution is -2.32. The maximum Gasteiger partial charge on any atom is 0.416 e. The Kier molecular flexibility index (Phi) is 4.89. The number of rotatable bonds is 3. The molecule has 2 aliphatic heterocycles. The maximum absolute atomic E-state index is 13.4. The molecule has 2 aromatic rings. The van der Waals surface area contributed by atoms with Gasteiger partial charge in [-0.25, -0.2) is 0 Å². The number of hydrogen-bond acceptors (Lipinski definition) is 2. The molecule has 0 radical (unpaired) electrons. The SMILES string of the molecule is CCC1CCNc2ccc(CN3CCc4cccc(C(F)(F)F)c4C3)cc21. The highest BCUT2D eigenvalue weighted by atomic mass is 19.4. The highest BCUT2D eigenvalue weighted by molar-refractivity contribution is 5.56. The molecule has 0 aliphatic carbocycles. The van der Waals surface area contributed by atoms with Crippen LogP contribution < -0.4 is 5.32 Å². The molecule has 1 unspecified atom stereocenters. The zero-order chi connectivity index (χ0) is 19.0. The van der Waals surface area contributed by atoms with Gasteiger partial charge < -0.3 is 5.32 Å². The number of anilines is 1. The summed E-state index contributed by atoms with van der Waals surface area (Å²) < 4.78 is 40.1. The fourth-order valence-electron chi connectivity index (χ4n) is 4.47. The Balaban J connectivity index is 1.56. The van der Waals surface area contributed by atoms with Gasteiger partial charge in [-0.15, -0.1) is 0 Å². The van der Waals surface area contributed by atoms with E-state index in [1.165, 1.54) is 28.9 Å². The summed E-state index contributed by atoms with van der Waals surface area (Å²) >= 11 is 0. The van der Waals surface area contributed by atoms with Gasteiger partial charge in [0, 0.05) is 31.9 Å². The van der Waals surface area contributed by atoms with Gasteiger partial charge in [-0.1, -0.05) is 31.2 Å². The van der Waals surface area contributed by atoms with Gasteiger partial charge in [-0.2, -0.15) is 13.2 Å². The normalized spacial score (nSPS) is 19.9. The van der Waals surface area contributed by atoms with Crippen LogP contribution in [0.2, 0.25) is 0 Å². The van der Waals surface area contributed by atoms with Crippen molar-refractivity contribution in [1.29, 1.82) is 0 Å². The number of hydrogen-bond donors (Lipinski definition) is 1. The summed E-state index contributed by atoms with van der Waals surface area (Å²) in [5.41, 5.74) is 4.55. The molecule has 2 aromatic carbocycles. The van der Waals surface area contributed by atoms with Crippen molar-refractivity contribution >= 4 is 5.69 Å². The first-order chi connectivity index (χ1) is 13.0. The van der Waals surface area contributed by atoms with Gasteiger partial charge >= 0.3 is 6.18 Å². The average molecular weight is 374 g/mol. The van der Waals surface area contributed by atoms with Gasteiger partial charge in [0.2, 0.25) is 0 Å². The molecule has 2 heterocycles. The summed E-state index contributed by atoms with van der Waals surface area (Å²) in [7, 11) is 0. The highest BCUT2D eigenvalue weighted by Crippen LogP contribution is 2.37. The molecule has 0 bridgehead atoms. The minimum absolute atomic E-state index is 0.359. The zero-order valence-electron chi connectivity index (χ0n) is 15.6. The molecule has 1 atom stereocenters. The van der Waals surface area contributed by atoms with Crippen LogP contribution in [-0.2, 0) is 25.7 Å². The molecule has 0 aromatic heterocycles. The van der Waals surface area contributed by atoms with Gasteiger partial charge in [0.15, 0.2) is 0 Å². The molecule has 5 heteroatoms.